The highest BCUT2D eigenvalue weighted by Crippen LogP contribution is 2.23. The van der Waals surface area contributed by atoms with Gasteiger partial charge in [-0.3, -0.25) is 0 Å². The van der Waals surface area contributed by atoms with Crippen LogP contribution in [-0.4, -0.2) is 18.3 Å². The van der Waals surface area contributed by atoms with Crippen LogP contribution in [0.1, 0.15) is 12.0 Å². The van der Waals surface area contributed by atoms with E-state index in [9.17, 15) is 0 Å². The fourth-order valence-electron chi connectivity index (χ4n) is 1.82. The van der Waals surface area contributed by atoms with Crippen LogP contribution >= 0.6 is 0 Å². The van der Waals surface area contributed by atoms with Gasteiger partial charge in [0.2, 0.25) is 0 Å². The lowest BCUT2D eigenvalue weighted by atomic mass is 10.0. The van der Waals surface area contributed by atoms with Gasteiger partial charge in [0, 0.05) is 13.0 Å². The number of aryl methyl sites for hydroxylation is 1. The third-order valence-electron chi connectivity index (χ3n) is 2.78. The minimum absolute atomic E-state index is 0.168. The van der Waals surface area contributed by atoms with Crippen molar-refractivity contribution >= 4 is 0 Å². The number of aliphatic hydroxyl groups is 1. The number of aliphatic hydroxyl groups excluding tert-OH is 1. The van der Waals surface area contributed by atoms with Crippen LogP contribution in [0.25, 0.3) is 11.1 Å². The summed E-state index contributed by atoms with van der Waals surface area (Å²) >= 11 is 0. The molecule has 2 nitrogen and oxygen atoms in total. The van der Waals surface area contributed by atoms with Crippen LogP contribution in [-0.2, 0) is 0 Å². The second kappa shape index (κ2) is 6.22. The molecule has 94 valence electrons. The van der Waals surface area contributed by atoms with E-state index in [0.717, 1.165) is 5.75 Å². The number of hydrogen-bond donors (Lipinski definition) is 1. The van der Waals surface area contributed by atoms with Crippen LogP contribution in [0.3, 0.4) is 0 Å². The maximum absolute atomic E-state index is 8.68. The fraction of sp³-hybridized carbons (Fsp3) is 0.250. The smallest absolute Gasteiger partial charge is 0.119 e. The highest BCUT2D eigenvalue weighted by Gasteiger charge is 1.99. The lowest BCUT2D eigenvalue weighted by molar-refractivity contribution is 0.233. The second-order valence-electron chi connectivity index (χ2n) is 4.32. The Bertz CT molecular complexity index is 489. The molecule has 1 N–H and O–H groups in total. The Kier molecular flexibility index (Phi) is 4.37. The molecule has 18 heavy (non-hydrogen) atoms. The van der Waals surface area contributed by atoms with Gasteiger partial charge in [-0.2, -0.15) is 0 Å². The third-order valence-corrected chi connectivity index (χ3v) is 2.78. The third kappa shape index (κ3) is 3.34. The Morgan fingerprint density at radius 2 is 1.78 bits per heavy atom. The normalized spacial score (nSPS) is 10.3. The Balaban J connectivity index is 2.07. The van der Waals surface area contributed by atoms with E-state index in [1.807, 2.05) is 12.1 Å². The maximum Gasteiger partial charge on any atom is 0.119 e. The van der Waals surface area contributed by atoms with E-state index in [1.54, 1.807) is 0 Å². The molecule has 2 aromatic carbocycles. The van der Waals surface area contributed by atoms with Crippen LogP contribution in [0.15, 0.2) is 48.5 Å². The summed E-state index contributed by atoms with van der Waals surface area (Å²) in [6.45, 7) is 2.82. The van der Waals surface area contributed by atoms with Crippen LogP contribution < -0.4 is 4.74 Å². The van der Waals surface area contributed by atoms with Crippen molar-refractivity contribution in [2.75, 3.05) is 13.2 Å². The average Bonchev–Trinajstić information content (AvgIpc) is 2.40. The van der Waals surface area contributed by atoms with Crippen molar-refractivity contribution in [3.63, 3.8) is 0 Å². The zero-order valence-electron chi connectivity index (χ0n) is 10.6. The number of ether oxygens (including phenoxy) is 1. The van der Waals surface area contributed by atoms with Gasteiger partial charge < -0.3 is 9.84 Å². The lowest BCUT2D eigenvalue weighted by Crippen LogP contribution is -1.99. The summed E-state index contributed by atoms with van der Waals surface area (Å²) in [6.07, 6.45) is 0.666. The molecular weight excluding hydrogens is 224 g/mol. The lowest BCUT2D eigenvalue weighted by Gasteiger charge is -2.07. The van der Waals surface area contributed by atoms with E-state index in [0.29, 0.717) is 13.0 Å². The van der Waals surface area contributed by atoms with E-state index in [-0.39, 0.29) is 6.61 Å². The summed E-state index contributed by atoms with van der Waals surface area (Å²) in [5.41, 5.74) is 3.67. The molecule has 0 heterocycles. The van der Waals surface area contributed by atoms with Gasteiger partial charge in [-0.25, -0.2) is 0 Å². The Hall–Kier alpha value is -1.80. The van der Waals surface area contributed by atoms with Gasteiger partial charge in [0.05, 0.1) is 6.61 Å². The largest absolute Gasteiger partial charge is 0.494 e. The van der Waals surface area contributed by atoms with Crippen molar-refractivity contribution in [3.8, 4) is 16.9 Å². The summed E-state index contributed by atoms with van der Waals surface area (Å²) in [5, 5.41) is 8.68. The van der Waals surface area contributed by atoms with Gasteiger partial charge in [-0.1, -0.05) is 42.0 Å². The van der Waals surface area contributed by atoms with E-state index in [1.165, 1.54) is 16.7 Å². The van der Waals surface area contributed by atoms with Crippen molar-refractivity contribution in [2.45, 2.75) is 13.3 Å². The zero-order chi connectivity index (χ0) is 12.8. The summed E-state index contributed by atoms with van der Waals surface area (Å²) in [6, 6.07) is 16.5. The quantitative estimate of drug-likeness (QED) is 0.814. The minimum Gasteiger partial charge on any atom is -0.494 e. The van der Waals surface area contributed by atoms with E-state index in [2.05, 4.69) is 43.3 Å². The molecule has 0 saturated heterocycles. The molecule has 0 radical (unpaired) electrons. The monoisotopic (exact) mass is 242 g/mol. The van der Waals surface area contributed by atoms with E-state index in [4.69, 9.17) is 9.84 Å². The molecule has 0 saturated carbocycles. The molecule has 2 heteroatoms. The van der Waals surface area contributed by atoms with Crippen molar-refractivity contribution in [2.24, 2.45) is 0 Å². The molecule has 0 aromatic heterocycles. The maximum atomic E-state index is 8.68. The van der Waals surface area contributed by atoms with Gasteiger partial charge in [0.25, 0.3) is 0 Å². The minimum atomic E-state index is 0.168. The second-order valence-corrected chi connectivity index (χ2v) is 4.32. The summed E-state index contributed by atoms with van der Waals surface area (Å²) in [7, 11) is 0. The topological polar surface area (TPSA) is 29.5 Å². The molecule has 0 aliphatic rings. The Labute approximate surface area is 108 Å². The molecule has 0 aliphatic heterocycles. The summed E-state index contributed by atoms with van der Waals surface area (Å²) in [4.78, 5) is 0. The molecule has 2 rings (SSSR count). The van der Waals surface area contributed by atoms with Crippen LogP contribution in [0, 0.1) is 6.92 Å². The Morgan fingerprint density at radius 1 is 1.00 bits per heavy atom. The van der Waals surface area contributed by atoms with Crippen LogP contribution in [0.2, 0.25) is 0 Å². The molecule has 0 atom stereocenters. The molecule has 0 amide bonds. The molecule has 0 fully saturated rings. The predicted octanol–water partition coefficient (Wildman–Crippen LogP) is 3.42. The first-order chi connectivity index (χ1) is 8.79. The molecule has 0 bridgehead atoms. The van der Waals surface area contributed by atoms with E-state index >= 15 is 0 Å². The highest BCUT2D eigenvalue weighted by molar-refractivity contribution is 5.64. The van der Waals surface area contributed by atoms with Gasteiger partial charge in [-0.05, 0) is 30.2 Å². The van der Waals surface area contributed by atoms with Crippen molar-refractivity contribution in [1.29, 1.82) is 0 Å². The van der Waals surface area contributed by atoms with Gasteiger partial charge in [0.1, 0.15) is 5.75 Å². The SMILES string of the molecule is Cc1cccc(-c2ccc(OCCCO)cc2)c1. The van der Waals surface area contributed by atoms with Crippen LogP contribution in [0.5, 0.6) is 5.75 Å². The number of benzene rings is 2. The van der Waals surface area contributed by atoms with Crippen molar-refractivity contribution in [1.82, 2.24) is 0 Å². The zero-order valence-corrected chi connectivity index (χ0v) is 10.6. The fourth-order valence-corrected chi connectivity index (χ4v) is 1.82. The van der Waals surface area contributed by atoms with Gasteiger partial charge >= 0.3 is 0 Å². The van der Waals surface area contributed by atoms with Crippen molar-refractivity contribution in [3.05, 3.63) is 54.1 Å². The standard InChI is InChI=1S/C16H18O2/c1-13-4-2-5-15(12-13)14-6-8-16(9-7-14)18-11-3-10-17/h2,4-9,12,17H,3,10-11H2,1H3. The highest BCUT2D eigenvalue weighted by atomic mass is 16.5. The molecule has 0 aliphatic carbocycles. The summed E-state index contributed by atoms with van der Waals surface area (Å²) in [5.74, 6) is 0.847. The van der Waals surface area contributed by atoms with Crippen LogP contribution in [0.4, 0.5) is 0 Å². The predicted molar refractivity (Wildman–Crippen MR) is 73.8 cm³/mol. The van der Waals surface area contributed by atoms with Gasteiger partial charge in [-0.15, -0.1) is 0 Å². The molecule has 0 spiro atoms. The number of rotatable bonds is 5. The molecule has 2 aromatic rings. The average molecular weight is 242 g/mol. The first-order valence-corrected chi connectivity index (χ1v) is 6.20. The first kappa shape index (κ1) is 12.7. The number of hydrogen-bond acceptors (Lipinski definition) is 2. The molecule has 0 unspecified atom stereocenters. The first-order valence-electron chi connectivity index (χ1n) is 6.20. The summed E-state index contributed by atoms with van der Waals surface area (Å²) < 4.78 is 5.50. The van der Waals surface area contributed by atoms with E-state index < -0.39 is 0 Å². The van der Waals surface area contributed by atoms with Gasteiger partial charge in [0.15, 0.2) is 0 Å². The van der Waals surface area contributed by atoms with Crippen molar-refractivity contribution < 1.29 is 9.84 Å². The molecular formula is C16H18O2. The Morgan fingerprint density at radius 3 is 2.44 bits per heavy atom.